The van der Waals surface area contributed by atoms with Crippen LogP contribution >= 0.6 is 0 Å². The number of fused-ring (bicyclic) bond motifs is 2. The van der Waals surface area contributed by atoms with Crippen LogP contribution in [-0.2, 0) is 56.5 Å². The summed E-state index contributed by atoms with van der Waals surface area (Å²) in [6, 6.07) is 1.62. The molecule has 1 aromatic rings. The Bertz CT molecular complexity index is 1220. The summed E-state index contributed by atoms with van der Waals surface area (Å²) in [7, 11) is -2.11. The number of carbonyl (C=O) groups excluding carboxylic acids is 3. The summed E-state index contributed by atoms with van der Waals surface area (Å²) >= 11 is 0. The van der Waals surface area contributed by atoms with Crippen LogP contribution in [0.5, 0.6) is 0 Å². The second-order valence-electron chi connectivity index (χ2n) is 8.99. The number of hydrogen-bond acceptors (Lipinski definition) is 5. The molecule has 0 saturated heterocycles. The van der Waals surface area contributed by atoms with Gasteiger partial charge in [-0.3, -0.25) is 14.3 Å². The van der Waals surface area contributed by atoms with Gasteiger partial charge in [0.2, 0.25) is 0 Å². The Morgan fingerprint density at radius 1 is 1.18 bits per heavy atom. The fraction of sp³-hybridized carbons (Fsp3) is 0.458. The van der Waals surface area contributed by atoms with Crippen LogP contribution in [-0.4, -0.2) is 29.2 Å². The molecule has 8 nitrogen and oxygen atoms in total. The van der Waals surface area contributed by atoms with Gasteiger partial charge >= 0.3 is 12.0 Å². The first-order valence-electron chi connectivity index (χ1n) is 11.4. The minimum Gasteiger partial charge on any atom is -0.469 e. The van der Waals surface area contributed by atoms with E-state index in [1.54, 1.807) is 12.2 Å². The topological polar surface area (TPSA) is 114 Å². The maximum absolute atomic E-state index is 13.5. The van der Waals surface area contributed by atoms with E-state index in [0.717, 1.165) is 38.5 Å². The number of rotatable bonds is 4. The van der Waals surface area contributed by atoms with E-state index in [2.05, 4.69) is 20.5 Å². The molecular weight excluding hydrogens is 442 g/mol. The second kappa shape index (κ2) is 8.44. The smallest absolute Gasteiger partial charge is 0.351 e. The summed E-state index contributed by atoms with van der Waals surface area (Å²) in [5, 5.41) is 2.82. The summed E-state index contributed by atoms with van der Waals surface area (Å²) in [5.41, 5.74) is 6.88. The molecule has 2 atom stereocenters. The Morgan fingerprint density at radius 2 is 1.88 bits per heavy atom. The molecule has 3 amide bonds. The number of amides is 3. The van der Waals surface area contributed by atoms with Crippen molar-refractivity contribution in [1.82, 2.24) is 10.0 Å². The Hall–Kier alpha value is -2.94. The number of allylic oxidation sites excluding steroid dienone is 2. The lowest BCUT2D eigenvalue weighted by Gasteiger charge is -2.17. The highest BCUT2D eigenvalue weighted by Crippen LogP contribution is 2.36. The minimum atomic E-state index is -3.42. The average molecular weight is 470 g/mol. The van der Waals surface area contributed by atoms with Crippen LogP contribution in [0.3, 0.4) is 0 Å². The molecule has 0 saturated carbocycles. The van der Waals surface area contributed by atoms with Crippen LogP contribution in [0.2, 0.25) is 0 Å². The molecule has 0 bridgehead atoms. The number of methoxy groups -OCH3 is 1. The van der Waals surface area contributed by atoms with Crippen LogP contribution < -0.4 is 10.0 Å². The zero-order valence-corrected chi connectivity index (χ0v) is 19.4. The third kappa shape index (κ3) is 3.99. The third-order valence-corrected chi connectivity index (χ3v) is 8.91. The summed E-state index contributed by atoms with van der Waals surface area (Å²) in [5.74, 6) is -1.18. The van der Waals surface area contributed by atoms with Gasteiger partial charge in [-0.1, -0.05) is 18.2 Å². The van der Waals surface area contributed by atoms with Crippen molar-refractivity contribution in [3.8, 4) is 0 Å². The number of ether oxygens (including phenoxy) is 1. The van der Waals surface area contributed by atoms with Crippen molar-refractivity contribution in [1.29, 1.82) is 0 Å². The minimum absolute atomic E-state index is 0.101. The van der Waals surface area contributed by atoms with Crippen molar-refractivity contribution in [3.63, 3.8) is 0 Å². The summed E-state index contributed by atoms with van der Waals surface area (Å²) in [4.78, 5) is 37.0. The number of nitrogens with one attached hydrogen (secondary N) is 2. The molecule has 3 aliphatic carbocycles. The molecule has 1 aromatic carbocycles. The highest BCUT2D eigenvalue weighted by atomic mass is 32.2. The molecule has 5 rings (SSSR count). The standard InChI is InChI=1S/C24H27N3O5S/c1-32-22(28)11-14-8-9-19-21(10-14)33(31,26-23(19)29)27-24(30)25-13-20-17-6-2-4-15(17)12-16-5-3-7-18(16)20/h8-9,12,14H,2-7,10-11,13H2,1H3,(H2,25,26,27,29,30,31). The van der Waals surface area contributed by atoms with E-state index in [9.17, 15) is 18.6 Å². The van der Waals surface area contributed by atoms with Gasteiger partial charge in [0, 0.05) is 6.54 Å². The van der Waals surface area contributed by atoms with E-state index in [-0.39, 0.29) is 29.2 Å². The zero-order chi connectivity index (χ0) is 23.2. The van der Waals surface area contributed by atoms with Crippen molar-refractivity contribution in [2.24, 2.45) is 10.3 Å². The maximum Gasteiger partial charge on any atom is 0.351 e. The van der Waals surface area contributed by atoms with Gasteiger partial charge in [0.1, 0.15) is 0 Å². The highest BCUT2D eigenvalue weighted by Gasteiger charge is 2.37. The van der Waals surface area contributed by atoms with Crippen molar-refractivity contribution < 1.29 is 23.3 Å². The summed E-state index contributed by atoms with van der Waals surface area (Å²) in [6.45, 7) is 0.341. The van der Waals surface area contributed by atoms with Crippen molar-refractivity contribution in [2.75, 3.05) is 7.11 Å². The van der Waals surface area contributed by atoms with E-state index in [0.29, 0.717) is 6.54 Å². The first kappa shape index (κ1) is 21.9. The monoisotopic (exact) mass is 469 g/mol. The molecule has 1 aliphatic heterocycles. The fourth-order valence-corrected chi connectivity index (χ4v) is 7.26. The van der Waals surface area contributed by atoms with Crippen LogP contribution in [0.4, 0.5) is 4.79 Å². The van der Waals surface area contributed by atoms with Gasteiger partial charge in [0.05, 0.1) is 24.0 Å². The maximum atomic E-state index is 13.5. The number of urea groups is 1. The van der Waals surface area contributed by atoms with E-state index in [4.69, 9.17) is 4.74 Å². The van der Waals surface area contributed by atoms with Gasteiger partial charge < -0.3 is 10.1 Å². The van der Waals surface area contributed by atoms with Gasteiger partial charge in [0.25, 0.3) is 5.91 Å². The molecule has 1 heterocycles. The molecule has 4 aliphatic rings. The Balaban J connectivity index is 1.36. The normalized spacial score (nSPS) is 24.8. The SMILES string of the molecule is COC(=O)CC1C=CC2=C(C1)S(=O)(=NC(=O)NCc1c3c(cc4c1CCC4)CCC3)NC2=O. The van der Waals surface area contributed by atoms with Crippen molar-refractivity contribution >= 4 is 27.8 Å². The quantitative estimate of drug-likeness (QED) is 0.658. The largest absolute Gasteiger partial charge is 0.469 e. The Morgan fingerprint density at radius 3 is 2.55 bits per heavy atom. The van der Waals surface area contributed by atoms with Crippen LogP contribution in [0, 0.1) is 5.92 Å². The van der Waals surface area contributed by atoms with Gasteiger partial charge in [-0.25, -0.2) is 9.00 Å². The number of benzene rings is 1. The van der Waals surface area contributed by atoms with Gasteiger partial charge in [0.15, 0.2) is 9.92 Å². The van der Waals surface area contributed by atoms with Crippen LogP contribution in [0.1, 0.15) is 53.5 Å². The molecule has 2 N–H and O–H groups in total. The lowest BCUT2D eigenvalue weighted by molar-refractivity contribution is -0.141. The lowest BCUT2D eigenvalue weighted by atomic mass is 9.93. The predicted molar refractivity (Wildman–Crippen MR) is 122 cm³/mol. The number of carbonyl (C=O) groups is 3. The van der Waals surface area contributed by atoms with Crippen LogP contribution in [0.15, 0.2) is 33.1 Å². The number of aryl methyl sites for hydroxylation is 2. The molecule has 9 heteroatoms. The zero-order valence-electron chi connectivity index (χ0n) is 18.6. The van der Waals surface area contributed by atoms with Gasteiger partial charge in [-0.15, -0.1) is 4.36 Å². The Labute approximate surface area is 193 Å². The molecule has 0 aromatic heterocycles. The second-order valence-corrected chi connectivity index (χ2v) is 10.9. The Kier molecular flexibility index (Phi) is 5.60. The average Bonchev–Trinajstić information content (AvgIpc) is 3.50. The molecule has 0 radical (unpaired) electrons. The van der Waals surface area contributed by atoms with Crippen molar-refractivity contribution in [2.45, 2.75) is 57.9 Å². The van der Waals surface area contributed by atoms with E-state index in [1.165, 1.54) is 34.9 Å². The number of esters is 1. The molecule has 0 spiro atoms. The fourth-order valence-electron chi connectivity index (χ4n) is 5.42. The molecule has 2 unspecified atom stereocenters. The van der Waals surface area contributed by atoms with Crippen LogP contribution in [0.25, 0.3) is 0 Å². The molecule has 33 heavy (non-hydrogen) atoms. The first-order chi connectivity index (χ1) is 15.9. The highest BCUT2D eigenvalue weighted by molar-refractivity contribution is 7.96. The van der Waals surface area contributed by atoms with E-state index >= 15 is 0 Å². The van der Waals surface area contributed by atoms with Crippen molar-refractivity contribution in [3.05, 3.63) is 56.5 Å². The lowest BCUT2D eigenvalue weighted by Crippen LogP contribution is -2.28. The predicted octanol–water partition coefficient (Wildman–Crippen LogP) is 2.78. The molecule has 174 valence electrons. The third-order valence-electron chi connectivity index (χ3n) is 6.98. The molecular formula is C24H27N3O5S. The first-order valence-corrected chi connectivity index (χ1v) is 12.9. The van der Waals surface area contributed by atoms with E-state index in [1.807, 2.05) is 0 Å². The summed E-state index contributed by atoms with van der Waals surface area (Å²) < 4.78 is 24.5. The van der Waals surface area contributed by atoms with E-state index < -0.39 is 27.8 Å². The number of hydrogen-bond donors (Lipinski definition) is 2. The van der Waals surface area contributed by atoms with Gasteiger partial charge in [-0.2, -0.15) is 0 Å². The number of nitrogens with zero attached hydrogens (tertiary/aromatic N) is 1. The summed E-state index contributed by atoms with van der Waals surface area (Å²) in [6.07, 6.45) is 10.0. The van der Waals surface area contributed by atoms with Gasteiger partial charge in [-0.05, 0) is 78.7 Å². The molecule has 0 fully saturated rings.